The minimum atomic E-state index is -3.93. The summed E-state index contributed by atoms with van der Waals surface area (Å²) in [5, 5.41) is 2.95. The fraction of sp³-hybridized carbons (Fsp3) is 0.240. The van der Waals surface area contributed by atoms with Crippen LogP contribution in [0.1, 0.15) is 30.5 Å². The second-order valence-corrected chi connectivity index (χ2v) is 9.18. The first kappa shape index (κ1) is 22.6. The zero-order valence-corrected chi connectivity index (χ0v) is 18.9. The van der Waals surface area contributed by atoms with Crippen LogP contribution in [0.15, 0.2) is 77.7 Å². The Morgan fingerprint density at radius 1 is 0.839 bits per heavy atom. The van der Waals surface area contributed by atoms with Crippen molar-refractivity contribution in [3.63, 3.8) is 0 Å². The fourth-order valence-corrected chi connectivity index (χ4v) is 5.06. The van der Waals surface area contributed by atoms with Crippen molar-refractivity contribution in [1.29, 1.82) is 0 Å². The van der Waals surface area contributed by atoms with Gasteiger partial charge in [-0.15, -0.1) is 0 Å². The Morgan fingerprint density at radius 3 is 2.13 bits per heavy atom. The van der Waals surface area contributed by atoms with Gasteiger partial charge in [-0.2, -0.15) is 0 Å². The van der Waals surface area contributed by atoms with Gasteiger partial charge in [0.05, 0.1) is 10.6 Å². The van der Waals surface area contributed by atoms with E-state index in [2.05, 4.69) is 5.32 Å². The number of hydrogen-bond donors (Lipinski definition) is 1. The first-order valence-corrected chi connectivity index (χ1v) is 11.9. The van der Waals surface area contributed by atoms with E-state index in [4.69, 9.17) is 0 Å². The number of para-hydroxylation sites is 2. The van der Waals surface area contributed by atoms with Gasteiger partial charge >= 0.3 is 0 Å². The topological polar surface area (TPSA) is 66.5 Å². The molecule has 0 heterocycles. The second-order valence-electron chi connectivity index (χ2n) is 7.32. The molecule has 0 unspecified atom stereocenters. The van der Waals surface area contributed by atoms with E-state index >= 15 is 0 Å². The Bertz CT molecular complexity index is 1160. The van der Waals surface area contributed by atoms with Gasteiger partial charge in [0.1, 0.15) is 6.54 Å². The van der Waals surface area contributed by atoms with Crippen LogP contribution in [0.4, 0.5) is 11.4 Å². The van der Waals surface area contributed by atoms with Crippen LogP contribution < -0.4 is 9.62 Å². The van der Waals surface area contributed by atoms with Gasteiger partial charge in [-0.05, 0) is 54.7 Å². The van der Waals surface area contributed by atoms with E-state index in [0.29, 0.717) is 12.1 Å². The molecule has 1 N–H and O–H groups in total. The number of nitrogens with one attached hydrogen (secondary N) is 1. The largest absolute Gasteiger partial charge is 0.324 e. The first-order valence-electron chi connectivity index (χ1n) is 10.4. The molecule has 0 bridgehead atoms. The van der Waals surface area contributed by atoms with Crippen molar-refractivity contribution >= 4 is 27.3 Å². The van der Waals surface area contributed by atoms with Crippen LogP contribution in [0.25, 0.3) is 0 Å². The molecule has 5 nitrogen and oxygen atoms in total. The first-order chi connectivity index (χ1) is 14.9. The fourth-order valence-electron chi connectivity index (χ4n) is 3.58. The molecule has 31 heavy (non-hydrogen) atoms. The summed E-state index contributed by atoms with van der Waals surface area (Å²) in [6, 6.07) is 21.4. The van der Waals surface area contributed by atoms with Crippen molar-refractivity contribution in [3.05, 3.63) is 89.5 Å². The predicted octanol–water partition coefficient (Wildman–Crippen LogP) is 4.95. The Labute approximate surface area is 184 Å². The van der Waals surface area contributed by atoms with Crippen molar-refractivity contribution < 1.29 is 13.2 Å². The maximum Gasteiger partial charge on any atom is 0.264 e. The molecule has 0 spiro atoms. The Kier molecular flexibility index (Phi) is 7.13. The highest BCUT2D eigenvalue weighted by Gasteiger charge is 2.28. The molecule has 3 aromatic rings. The SMILES string of the molecule is CCc1ccccc1N(CC(=O)Nc1c(C)cccc1CC)S(=O)(=O)c1ccccc1. The molecule has 0 radical (unpaired) electrons. The molecule has 6 heteroatoms. The summed E-state index contributed by atoms with van der Waals surface area (Å²) in [6.07, 6.45) is 1.42. The van der Waals surface area contributed by atoms with Crippen molar-refractivity contribution in [3.8, 4) is 0 Å². The molecular formula is C25H28N2O3S. The molecule has 0 saturated heterocycles. The van der Waals surface area contributed by atoms with Crippen LogP contribution in [0, 0.1) is 6.92 Å². The summed E-state index contributed by atoms with van der Waals surface area (Å²) < 4.78 is 28.3. The summed E-state index contributed by atoms with van der Waals surface area (Å²) in [7, 11) is -3.93. The van der Waals surface area contributed by atoms with Gasteiger partial charge in [0.25, 0.3) is 10.0 Å². The van der Waals surface area contributed by atoms with Crippen LogP contribution in [0.5, 0.6) is 0 Å². The van der Waals surface area contributed by atoms with Gasteiger partial charge in [0.2, 0.25) is 5.91 Å². The molecule has 0 aliphatic heterocycles. The molecular weight excluding hydrogens is 408 g/mol. The van der Waals surface area contributed by atoms with Crippen molar-refractivity contribution in [1.82, 2.24) is 0 Å². The number of carbonyl (C=O) groups excluding carboxylic acids is 1. The van der Waals surface area contributed by atoms with E-state index in [1.165, 1.54) is 4.31 Å². The zero-order valence-electron chi connectivity index (χ0n) is 18.1. The van der Waals surface area contributed by atoms with Crippen LogP contribution in [0.2, 0.25) is 0 Å². The van der Waals surface area contributed by atoms with Gasteiger partial charge in [-0.1, -0.05) is 68.4 Å². The maximum absolute atomic E-state index is 13.5. The zero-order chi connectivity index (χ0) is 22.4. The van der Waals surface area contributed by atoms with Crippen LogP contribution in [-0.2, 0) is 27.7 Å². The standard InChI is InChI=1S/C25H28N2O3S/c1-4-20-13-9-10-17-23(20)27(31(29,30)22-15-7-6-8-16-22)18-24(28)26-25-19(3)12-11-14-21(25)5-2/h6-17H,4-5,18H2,1-3H3,(H,26,28). The minimum absolute atomic E-state index is 0.152. The van der Waals surface area contributed by atoms with E-state index in [0.717, 1.165) is 28.8 Å². The number of nitrogens with zero attached hydrogens (tertiary/aromatic N) is 1. The summed E-state index contributed by atoms with van der Waals surface area (Å²) >= 11 is 0. The van der Waals surface area contributed by atoms with Gasteiger partial charge < -0.3 is 5.32 Å². The highest BCUT2D eigenvalue weighted by molar-refractivity contribution is 7.92. The number of carbonyl (C=O) groups is 1. The third kappa shape index (κ3) is 4.97. The van der Waals surface area contributed by atoms with Crippen LogP contribution in [0.3, 0.4) is 0 Å². The third-order valence-corrected chi connectivity index (χ3v) is 7.04. The number of rotatable bonds is 8. The minimum Gasteiger partial charge on any atom is -0.324 e. The molecule has 0 atom stereocenters. The quantitative estimate of drug-likeness (QED) is 0.543. The van der Waals surface area contributed by atoms with Crippen LogP contribution in [-0.4, -0.2) is 20.9 Å². The van der Waals surface area contributed by atoms with Gasteiger partial charge in [0.15, 0.2) is 0 Å². The van der Waals surface area contributed by atoms with Crippen molar-refractivity contribution in [2.24, 2.45) is 0 Å². The monoisotopic (exact) mass is 436 g/mol. The molecule has 0 fully saturated rings. The summed E-state index contributed by atoms with van der Waals surface area (Å²) in [5.74, 6) is -0.380. The van der Waals surface area contributed by atoms with E-state index in [1.807, 2.05) is 51.1 Å². The number of benzene rings is 3. The average molecular weight is 437 g/mol. The smallest absolute Gasteiger partial charge is 0.264 e. The van der Waals surface area contributed by atoms with Crippen molar-refractivity contribution in [2.75, 3.05) is 16.2 Å². The lowest BCUT2D eigenvalue weighted by molar-refractivity contribution is -0.114. The number of sulfonamides is 1. The third-order valence-electron chi connectivity index (χ3n) is 5.26. The van der Waals surface area contributed by atoms with Crippen molar-refractivity contribution in [2.45, 2.75) is 38.5 Å². The molecule has 3 aromatic carbocycles. The van der Waals surface area contributed by atoms with E-state index in [9.17, 15) is 13.2 Å². The van der Waals surface area contributed by atoms with E-state index in [1.54, 1.807) is 42.5 Å². The molecule has 0 saturated carbocycles. The van der Waals surface area contributed by atoms with Crippen LogP contribution >= 0.6 is 0 Å². The maximum atomic E-state index is 13.5. The summed E-state index contributed by atoms with van der Waals surface area (Å²) in [5.41, 5.74) is 4.08. The predicted molar refractivity (Wildman–Crippen MR) is 126 cm³/mol. The molecule has 0 aliphatic carbocycles. The molecule has 162 valence electrons. The Morgan fingerprint density at radius 2 is 1.45 bits per heavy atom. The molecule has 3 rings (SSSR count). The van der Waals surface area contributed by atoms with Gasteiger partial charge in [0, 0.05) is 5.69 Å². The summed E-state index contributed by atoms with van der Waals surface area (Å²) in [4.78, 5) is 13.2. The number of hydrogen-bond acceptors (Lipinski definition) is 3. The molecule has 1 amide bonds. The Balaban J connectivity index is 2.01. The van der Waals surface area contributed by atoms with Gasteiger partial charge in [-0.3, -0.25) is 9.10 Å². The highest BCUT2D eigenvalue weighted by atomic mass is 32.2. The second kappa shape index (κ2) is 9.79. The van der Waals surface area contributed by atoms with Gasteiger partial charge in [-0.25, -0.2) is 8.42 Å². The number of anilines is 2. The number of amides is 1. The number of aryl methyl sites for hydroxylation is 3. The molecule has 0 aliphatic rings. The lowest BCUT2D eigenvalue weighted by Crippen LogP contribution is -2.38. The normalized spacial score (nSPS) is 11.2. The van der Waals surface area contributed by atoms with E-state index in [-0.39, 0.29) is 17.3 Å². The Hall–Kier alpha value is -3.12. The lowest BCUT2D eigenvalue weighted by atomic mass is 10.1. The lowest BCUT2D eigenvalue weighted by Gasteiger charge is -2.26. The molecule has 0 aromatic heterocycles. The average Bonchev–Trinajstić information content (AvgIpc) is 2.79. The highest BCUT2D eigenvalue weighted by Crippen LogP contribution is 2.28. The summed E-state index contributed by atoms with van der Waals surface area (Å²) in [6.45, 7) is 5.60. The van der Waals surface area contributed by atoms with E-state index < -0.39 is 10.0 Å².